The van der Waals surface area contributed by atoms with E-state index in [1.807, 2.05) is 42.5 Å². The first-order chi connectivity index (χ1) is 14.0. The minimum atomic E-state index is -0.0558. The predicted octanol–water partition coefficient (Wildman–Crippen LogP) is 6.00. The third kappa shape index (κ3) is 4.13. The minimum Gasteiger partial charge on any atom is -0.348 e. The van der Waals surface area contributed by atoms with Crippen LogP contribution in [0.4, 0.5) is 0 Å². The van der Waals surface area contributed by atoms with Crippen molar-refractivity contribution in [3.05, 3.63) is 105 Å². The van der Waals surface area contributed by atoms with Crippen LogP contribution in [0.2, 0.25) is 0 Å². The summed E-state index contributed by atoms with van der Waals surface area (Å²) in [6.45, 7) is 5.60. The molecule has 1 N–H and O–H groups in total. The molecule has 1 heterocycles. The highest BCUT2D eigenvalue weighted by molar-refractivity contribution is 9.10. The van der Waals surface area contributed by atoms with Crippen LogP contribution in [0.3, 0.4) is 0 Å². The van der Waals surface area contributed by atoms with Crippen molar-refractivity contribution >= 4 is 32.7 Å². The molecule has 3 nitrogen and oxygen atoms in total. The van der Waals surface area contributed by atoms with Gasteiger partial charge < -0.3 is 9.88 Å². The van der Waals surface area contributed by atoms with E-state index < -0.39 is 0 Å². The van der Waals surface area contributed by atoms with Gasteiger partial charge >= 0.3 is 0 Å². The molecule has 0 saturated heterocycles. The molecule has 4 aromatic rings. The fraction of sp³-hybridized carbons (Fsp3) is 0.160. The fourth-order valence-electron chi connectivity index (χ4n) is 3.69. The number of amides is 1. The summed E-state index contributed by atoms with van der Waals surface area (Å²) in [5.74, 6) is -0.0558. The number of nitrogens with zero attached hydrogens (tertiary/aromatic N) is 1. The number of halogens is 1. The largest absolute Gasteiger partial charge is 0.348 e. The van der Waals surface area contributed by atoms with Crippen LogP contribution in [-0.4, -0.2) is 10.5 Å². The summed E-state index contributed by atoms with van der Waals surface area (Å²) in [7, 11) is 0. The first-order valence-corrected chi connectivity index (χ1v) is 10.5. The number of carbonyl (C=O) groups is 1. The van der Waals surface area contributed by atoms with Gasteiger partial charge in [0, 0.05) is 39.7 Å². The average Bonchev–Trinajstić information content (AvgIpc) is 2.97. The second kappa shape index (κ2) is 8.26. The zero-order valence-corrected chi connectivity index (χ0v) is 18.2. The Bertz CT molecular complexity index is 1180. The highest BCUT2D eigenvalue weighted by Gasteiger charge is 2.14. The van der Waals surface area contributed by atoms with E-state index in [4.69, 9.17) is 0 Å². The van der Waals surface area contributed by atoms with Crippen LogP contribution in [0.1, 0.15) is 32.7 Å². The van der Waals surface area contributed by atoms with Gasteiger partial charge in [-0.05, 0) is 60.9 Å². The van der Waals surface area contributed by atoms with Crippen molar-refractivity contribution in [3.63, 3.8) is 0 Å². The molecule has 0 bridgehead atoms. The number of nitrogens with one attached hydrogen (secondary N) is 1. The Hall–Kier alpha value is -2.85. The zero-order valence-electron chi connectivity index (χ0n) is 16.6. The van der Waals surface area contributed by atoms with Crippen LogP contribution in [-0.2, 0) is 13.1 Å². The molecule has 0 saturated carbocycles. The Morgan fingerprint density at radius 1 is 0.931 bits per heavy atom. The van der Waals surface area contributed by atoms with E-state index in [1.165, 1.54) is 16.8 Å². The summed E-state index contributed by atoms with van der Waals surface area (Å²) in [6, 6.07) is 24.4. The van der Waals surface area contributed by atoms with Crippen LogP contribution in [0.25, 0.3) is 10.9 Å². The number of benzene rings is 3. The predicted molar refractivity (Wildman–Crippen MR) is 122 cm³/mol. The average molecular weight is 447 g/mol. The Morgan fingerprint density at radius 2 is 1.69 bits per heavy atom. The lowest BCUT2D eigenvalue weighted by Gasteiger charge is -2.09. The summed E-state index contributed by atoms with van der Waals surface area (Å²) in [5.41, 5.74) is 6.63. The lowest BCUT2D eigenvalue weighted by molar-refractivity contribution is 0.0951. The molecule has 0 fully saturated rings. The van der Waals surface area contributed by atoms with Crippen molar-refractivity contribution in [3.8, 4) is 0 Å². The second-order valence-electron chi connectivity index (χ2n) is 7.33. The summed E-state index contributed by atoms with van der Waals surface area (Å²) in [6.07, 6.45) is 0. The Labute approximate surface area is 179 Å². The van der Waals surface area contributed by atoms with Gasteiger partial charge in [-0.15, -0.1) is 0 Å². The van der Waals surface area contributed by atoms with Crippen molar-refractivity contribution in [2.75, 3.05) is 0 Å². The van der Waals surface area contributed by atoms with E-state index in [-0.39, 0.29) is 5.91 Å². The Kier molecular flexibility index (Phi) is 5.54. The highest BCUT2D eigenvalue weighted by Crippen LogP contribution is 2.27. The number of hydrogen-bond acceptors (Lipinski definition) is 1. The third-order valence-corrected chi connectivity index (χ3v) is 5.92. The molecule has 4 rings (SSSR count). The molecule has 0 aliphatic carbocycles. The van der Waals surface area contributed by atoms with Gasteiger partial charge in [0.05, 0.1) is 0 Å². The van der Waals surface area contributed by atoms with Crippen molar-refractivity contribution in [2.45, 2.75) is 26.9 Å². The number of carbonyl (C=O) groups excluding carboxylic acids is 1. The molecular weight excluding hydrogens is 424 g/mol. The highest BCUT2D eigenvalue weighted by atomic mass is 79.9. The summed E-state index contributed by atoms with van der Waals surface area (Å²) in [4.78, 5) is 12.7. The van der Waals surface area contributed by atoms with Gasteiger partial charge in [0.1, 0.15) is 0 Å². The van der Waals surface area contributed by atoms with E-state index in [1.54, 1.807) is 0 Å². The zero-order chi connectivity index (χ0) is 20.4. The van der Waals surface area contributed by atoms with Gasteiger partial charge in [-0.25, -0.2) is 0 Å². The molecule has 0 atom stereocenters. The van der Waals surface area contributed by atoms with Gasteiger partial charge in [0.25, 0.3) is 5.91 Å². The van der Waals surface area contributed by atoms with Crippen LogP contribution >= 0.6 is 15.9 Å². The number of rotatable bonds is 5. The molecule has 1 amide bonds. The van der Waals surface area contributed by atoms with Crippen LogP contribution in [0, 0.1) is 13.8 Å². The van der Waals surface area contributed by atoms with E-state index >= 15 is 0 Å². The van der Waals surface area contributed by atoms with Crippen molar-refractivity contribution < 1.29 is 4.79 Å². The lowest BCUT2D eigenvalue weighted by atomic mass is 10.1. The number of hydrogen-bond donors (Lipinski definition) is 1. The van der Waals surface area contributed by atoms with E-state index in [0.29, 0.717) is 12.1 Å². The van der Waals surface area contributed by atoms with Gasteiger partial charge in [-0.3, -0.25) is 4.79 Å². The Morgan fingerprint density at radius 3 is 2.45 bits per heavy atom. The quantitative estimate of drug-likeness (QED) is 0.400. The van der Waals surface area contributed by atoms with Gasteiger partial charge in [0.15, 0.2) is 0 Å². The number of aromatic nitrogens is 1. The molecule has 0 aliphatic heterocycles. The first kappa shape index (κ1) is 19.5. The van der Waals surface area contributed by atoms with Crippen molar-refractivity contribution in [2.24, 2.45) is 0 Å². The minimum absolute atomic E-state index is 0.0558. The standard InChI is InChI=1S/C25H23BrN2O/c1-17-18(2)28(16-19-7-4-3-5-8-19)24-12-11-21(14-23(17)24)25(29)27-15-20-9-6-10-22(26)13-20/h3-14H,15-16H2,1-2H3,(H,27,29). The molecule has 0 radical (unpaired) electrons. The summed E-state index contributed by atoms with van der Waals surface area (Å²) >= 11 is 3.47. The smallest absolute Gasteiger partial charge is 0.251 e. The van der Waals surface area contributed by atoms with Gasteiger partial charge in [-0.1, -0.05) is 58.4 Å². The summed E-state index contributed by atoms with van der Waals surface area (Å²) < 4.78 is 3.33. The van der Waals surface area contributed by atoms with Gasteiger partial charge in [-0.2, -0.15) is 0 Å². The molecule has 0 unspecified atom stereocenters. The maximum absolute atomic E-state index is 12.7. The van der Waals surface area contributed by atoms with Gasteiger partial charge in [0.2, 0.25) is 0 Å². The van der Waals surface area contributed by atoms with Crippen LogP contribution in [0.15, 0.2) is 77.3 Å². The van der Waals surface area contributed by atoms with Crippen molar-refractivity contribution in [1.29, 1.82) is 0 Å². The molecule has 29 heavy (non-hydrogen) atoms. The number of aryl methyl sites for hydroxylation is 1. The first-order valence-electron chi connectivity index (χ1n) is 9.69. The normalized spacial score (nSPS) is 11.0. The second-order valence-corrected chi connectivity index (χ2v) is 8.24. The van der Waals surface area contributed by atoms with Crippen LogP contribution in [0.5, 0.6) is 0 Å². The lowest BCUT2D eigenvalue weighted by Crippen LogP contribution is -2.22. The monoisotopic (exact) mass is 446 g/mol. The summed E-state index contributed by atoms with van der Waals surface area (Å²) in [5, 5.41) is 4.15. The maximum atomic E-state index is 12.7. The van der Waals surface area contributed by atoms with Crippen LogP contribution < -0.4 is 5.32 Å². The third-order valence-electron chi connectivity index (χ3n) is 5.43. The molecule has 0 aliphatic rings. The van der Waals surface area contributed by atoms with Crippen molar-refractivity contribution in [1.82, 2.24) is 9.88 Å². The molecule has 1 aromatic heterocycles. The fourth-order valence-corrected chi connectivity index (χ4v) is 4.14. The maximum Gasteiger partial charge on any atom is 0.251 e. The molecule has 4 heteroatoms. The number of fused-ring (bicyclic) bond motifs is 1. The van der Waals surface area contributed by atoms with E-state index in [9.17, 15) is 4.79 Å². The Balaban J connectivity index is 1.59. The molecule has 146 valence electrons. The molecule has 0 spiro atoms. The molecule has 3 aromatic carbocycles. The SMILES string of the molecule is Cc1c(C)n(Cc2ccccc2)c2ccc(C(=O)NCc3cccc(Br)c3)cc12. The van der Waals surface area contributed by atoms with E-state index in [0.717, 1.165) is 27.5 Å². The topological polar surface area (TPSA) is 34.0 Å². The van der Waals surface area contributed by atoms with E-state index in [2.05, 4.69) is 70.0 Å². The molecular formula is C25H23BrN2O.